The van der Waals surface area contributed by atoms with Crippen molar-refractivity contribution in [1.82, 2.24) is 0 Å². The van der Waals surface area contributed by atoms with Crippen molar-refractivity contribution in [3.8, 4) is 0 Å². The van der Waals surface area contributed by atoms with Crippen LogP contribution in [0.4, 0.5) is 0 Å². The van der Waals surface area contributed by atoms with E-state index in [1.165, 1.54) is 0 Å². The Kier molecular flexibility index (Phi) is 13.4. The van der Waals surface area contributed by atoms with Crippen molar-refractivity contribution >= 4 is 0 Å². The summed E-state index contributed by atoms with van der Waals surface area (Å²) in [6, 6.07) is 0. The molecule has 0 N–H and O–H groups in total. The molecule has 0 saturated carbocycles. The van der Waals surface area contributed by atoms with E-state index in [1.807, 2.05) is 19.9 Å². The van der Waals surface area contributed by atoms with E-state index >= 15 is 0 Å². The molecule has 0 amide bonds. The first-order valence-corrected chi connectivity index (χ1v) is 3.64. The van der Waals surface area contributed by atoms with Crippen molar-refractivity contribution in [3.05, 3.63) is 25.0 Å². The van der Waals surface area contributed by atoms with Crippen molar-refractivity contribution in [3.63, 3.8) is 0 Å². The zero-order chi connectivity index (χ0) is 8.41. The summed E-state index contributed by atoms with van der Waals surface area (Å²) in [5.41, 5.74) is 0. The molecule has 0 aromatic carbocycles. The molecule has 0 atom stereocenters. The highest BCUT2D eigenvalue weighted by Gasteiger charge is 1.85. The molecule has 0 saturated heterocycles. The van der Waals surface area contributed by atoms with Gasteiger partial charge < -0.3 is 4.74 Å². The Bertz CT molecular complexity index is 84.7. The van der Waals surface area contributed by atoms with Crippen LogP contribution >= 0.6 is 0 Å². The molecule has 0 aliphatic heterocycles. The second-order valence-electron chi connectivity index (χ2n) is 1.57. The van der Waals surface area contributed by atoms with E-state index in [0.717, 1.165) is 18.6 Å². The van der Waals surface area contributed by atoms with Gasteiger partial charge >= 0.3 is 0 Å². The summed E-state index contributed by atoms with van der Waals surface area (Å²) in [7, 11) is 1.63. The van der Waals surface area contributed by atoms with Gasteiger partial charge in [0.2, 0.25) is 0 Å². The van der Waals surface area contributed by atoms with Gasteiger partial charge in [0.1, 0.15) is 0 Å². The minimum Gasteiger partial charge on any atom is -0.502 e. The predicted octanol–water partition coefficient (Wildman–Crippen LogP) is 3.14. The van der Waals surface area contributed by atoms with Crippen LogP contribution in [0.25, 0.3) is 0 Å². The van der Waals surface area contributed by atoms with E-state index in [9.17, 15) is 0 Å². The fourth-order valence-electron chi connectivity index (χ4n) is 0.365. The maximum absolute atomic E-state index is 4.81. The summed E-state index contributed by atoms with van der Waals surface area (Å²) >= 11 is 0. The highest BCUT2D eigenvalue weighted by atomic mass is 16.5. The number of allylic oxidation sites excluding steroid dienone is 2. The van der Waals surface area contributed by atoms with Gasteiger partial charge in [-0.3, -0.25) is 0 Å². The number of hydrogen-bond acceptors (Lipinski definition) is 1. The summed E-state index contributed by atoms with van der Waals surface area (Å²) in [6.07, 6.45) is 3.69. The van der Waals surface area contributed by atoms with Gasteiger partial charge in [-0.25, -0.2) is 0 Å². The molecule has 0 aromatic rings. The summed E-state index contributed by atoms with van der Waals surface area (Å²) < 4.78 is 4.81. The molecule has 0 heterocycles. The smallest absolute Gasteiger partial charge is 0.0887 e. The summed E-state index contributed by atoms with van der Waals surface area (Å²) in [5, 5.41) is 0. The summed E-state index contributed by atoms with van der Waals surface area (Å²) in [4.78, 5) is 0. The van der Waals surface area contributed by atoms with Crippen molar-refractivity contribution in [2.24, 2.45) is 0 Å². The molecule has 0 aliphatic rings. The van der Waals surface area contributed by atoms with Gasteiger partial charge in [0, 0.05) is 6.42 Å². The van der Waals surface area contributed by atoms with E-state index in [0.29, 0.717) is 0 Å². The number of ether oxygens (including phenoxy) is 1. The maximum atomic E-state index is 4.81. The first-order chi connectivity index (χ1) is 4.81. The Hall–Kier alpha value is -0.720. The lowest BCUT2D eigenvalue weighted by Crippen LogP contribution is -1.81. The molecule has 1 nitrogen and oxygen atoms in total. The van der Waals surface area contributed by atoms with Crippen LogP contribution < -0.4 is 0 Å². The highest BCUT2D eigenvalue weighted by molar-refractivity contribution is 4.84. The molecule has 60 valence electrons. The Morgan fingerprint density at radius 3 is 2.30 bits per heavy atom. The average molecular weight is 142 g/mol. The molecule has 0 rings (SSSR count). The van der Waals surface area contributed by atoms with E-state index in [4.69, 9.17) is 4.74 Å². The van der Waals surface area contributed by atoms with E-state index in [1.54, 1.807) is 7.11 Å². The van der Waals surface area contributed by atoms with Crippen molar-refractivity contribution in [1.29, 1.82) is 0 Å². The van der Waals surface area contributed by atoms with Crippen LogP contribution in [0.1, 0.15) is 26.7 Å². The molecular weight excluding hydrogens is 124 g/mol. The SMILES string of the molecule is C=CCCC(=C)OC.CC. The molecule has 0 fully saturated rings. The van der Waals surface area contributed by atoms with Gasteiger partial charge in [0.15, 0.2) is 0 Å². The zero-order valence-electron chi connectivity index (χ0n) is 7.31. The molecule has 0 aromatic heterocycles. The van der Waals surface area contributed by atoms with Crippen LogP contribution in [-0.4, -0.2) is 7.11 Å². The van der Waals surface area contributed by atoms with Gasteiger partial charge in [-0.05, 0) is 6.42 Å². The number of rotatable bonds is 4. The first kappa shape index (κ1) is 12.0. The van der Waals surface area contributed by atoms with Crippen molar-refractivity contribution < 1.29 is 4.74 Å². The van der Waals surface area contributed by atoms with Crippen molar-refractivity contribution in [2.75, 3.05) is 7.11 Å². The van der Waals surface area contributed by atoms with Crippen LogP contribution in [0.15, 0.2) is 25.0 Å². The second-order valence-corrected chi connectivity index (χ2v) is 1.57. The van der Waals surface area contributed by atoms with E-state index < -0.39 is 0 Å². The average Bonchev–Trinajstić information content (AvgIpc) is 2.04. The van der Waals surface area contributed by atoms with E-state index in [-0.39, 0.29) is 0 Å². The van der Waals surface area contributed by atoms with Gasteiger partial charge in [-0.1, -0.05) is 26.5 Å². The van der Waals surface area contributed by atoms with Crippen LogP contribution in [0, 0.1) is 0 Å². The third kappa shape index (κ3) is 10.3. The first-order valence-electron chi connectivity index (χ1n) is 3.64. The lowest BCUT2D eigenvalue weighted by molar-refractivity contribution is 0.280. The lowest BCUT2D eigenvalue weighted by atomic mass is 10.3. The largest absolute Gasteiger partial charge is 0.502 e. The minimum absolute atomic E-state index is 0.824. The molecule has 0 aliphatic carbocycles. The van der Waals surface area contributed by atoms with Gasteiger partial charge in [0.25, 0.3) is 0 Å². The Morgan fingerprint density at radius 1 is 1.50 bits per heavy atom. The minimum atomic E-state index is 0.824. The van der Waals surface area contributed by atoms with Gasteiger partial charge in [0.05, 0.1) is 12.9 Å². The van der Waals surface area contributed by atoms with Crippen LogP contribution in [-0.2, 0) is 4.74 Å². The monoisotopic (exact) mass is 142 g/mol. The van der Waals surface area contributed by atoms with Crippen LogP contribution in [0.5, 0.6) is 0 Å². The van der Waals surface area contributed by atoms with Crippen molar-refractivity contribution in [2.45, 2.75) is 26.7 Å². The second kappa shape index (κ2) is 11.1. The Labute approximate surface area is 64.4 Å². The molecule has 1 heteroatoms. The highest BCUT2D eigenvalue weighted by Crippen LogP contribution is 2.01. The summed E-state index contributed by atoms with van der Waals surface area (Å²) in [6.45, 7) is 11.2. The van der Waals surface area contributed by atoms with Gasteiger partial charge in [-0.2, -0.15) is 0 Å². The zero-order valence-corrected chi connectivity index (χ0v) is 7.31. The third-order valence-corrected chi connectivity index (χ3v) is 0.916. The molecular formula is C9H18O. The normalized spacial score (nSPS) is 7.10. The fraction of sp³-hybridized carbons (Fsp3) is 0.556. The summed E-state index contributed by atoms with van der Waals surface area (Å²) in [5.74, 6) is 0.824. The number of methoxy groups -OCH3 is 1. The molecule has 10 heavy (non-hydrogen) atoms. The number of hydrogen-bond donors (Lipinski definition) is 0. The Balaban J connectivity index is 0. The van der Waals surface area contributed by atoms with Crippen LogP contribution in [0.2, 0.25) is 0 Å². The maximum Gasteiger partial charge on any atom is 0.0887 e. The quantitative estimate of drug-likeness (QED) is 0.433. The Morgan fingerprint density at radius 2 is 2.00 bits per heavy atom. The molecule has 0 spiro atoms. The molecule has 0 bridgehead atoms. The van der Waals surface area contributed by atoms with Crippen LogP contribution in [0.3, 0.4) is 0 Å². The fourth-order valence-corrected chi connectivity index (χ4v) is 0.365. The topological polar surface area (TPSA) is 9.23 Å². The van der Waals surface area contributed by atoms with Gasteiger partial charge in [-0.15, -0.1) is 6.58 Å². The van der Waals surface area contributed by atoms with E-state index in [2.05, 4.69) is 13.2 Å². The standard InChI is InChI=1S/C7H12O.C2H6/c1-4-5-6-7(2)8-3;1-2/h4H,1-2,5-6H2,3H3;1-2H3. The lowest BCUT2D eigenvalue weighted by Gasteiger charge is -1.98. The molecule has 0 unspecified atom stereocenters. The predicted molar refractivity (Wildman–Crippen MR) is 46.9 cm³/mol. The third-order valence-electron chi connectivity index (χ3n) is 0.916. The molecule has 0 radical (unpaired) electrons.